The van der Waals surface area contributed by atoms with E-state index in [4.69, 9.17) is 4.98 Å². The molecule has 8 heteroatoms. The first-order chi connectivity index (χ1) is 15.5. The van der Waals surface area contributed by atoms with E-state index in [0.717, 1.165) is 47.0 Å². The predicted molar refractivity (Wildman–Crippen MR) is 129 cm³/mol. The van der Waals surface area contributed by atoms with Crippen molar-refractivity contribution in [2.75, 3.05) is 6.54 Å². The van der Waals surface area contributed by atoms with Crippen molar-refractivity contribution >= 4 is 39.2 Å². The lowest BCUT2D eigenvalue weighted by Gasteiger charge is -2.16. The second kappa shape index (κ2) is 10.0. The van der Waals surface area contributed by atoms with E-state index in [1.807, 2.05) is 6.92 Å². The van der Waals surface area contributed by atoms with Crippen LogP contribution in [0.15, 0.2) is 46.9 Å². The summed E-state index contributed by atoms with van der Waals surface area (Å²) in [5.41, 5.74) is 2.05. The molecular weight excluding hydrogens is 445 g/mol. The molecule has 4 rings (SSSR count). The van der Waals surface area contributed by atoms with Crippen LogP contribution in [0, 0.1) is 5.82 Å². The van der Waals surface area contributed by atoms with Gasteiger partial charge in [0.25, 0.3) is 5.56 Å². The van der Waals surface area contributed by atoms with Gasteiger partial charge < -0.3 is 5.32 Å². The maximum absolute atomic E-state index is 13.6. The molecular formula is C24H26FN3O2S2. The smallest absolute Gasteiger partial charge is 0.263 e. The summed E-state index contributed by atoms with van der Waals surface area (Å²) in [6.45, 7) is 6.25. The molecule has 3 aromatic rings. The van der Waals surface area contributed by atoms with E-state index in [0.29, 0.717) is 24.7 Å². The normalized spacial score (nSPS) is 14.2. The number of rotatable bonds is 8. The molecule has 1 aromatic carbocycles. The number of nitrogens with one attached hydrogen (secondary N) is 1. The summed E-state index contributed by atoms with van der Waals surface area (Å²) < 4.78 is 15.0. The van der Waals surface area contributed by atoms with Gasteiger partial charge in [-0.15, -0.1) is 17.9 Å². The van der Waals surface area contributed by atoms with Gasteiger partial charge in [0.2, 0.25) is 5.91 Å². The zero-order valence-electron chi connectivity index (χ0n) is 18.0. The van der Waals surface area contributed by atoms with Crippen LogP contribution in [0.3, 0.4) is 0 Å². The van der Waals surface area contributed by atoms with Crippen LogP contribution in [-0.4, -0.2) is 27.3 Å². The third-order valence-electron chi connectivity index (χ3n) is 5.65. The van der Waals surface area contributed by atoms with Gasteiger partial charge in [-0.05, 0) is 62.3 Å². The van der Waals surface area contributed by atoms with Crippen molar-refractivity contribution in [3.63, 3.8) is 0 Å². The number of halogens is 1. The molecule has 0 bridgehead atoms. The van der Waals surface area contributed by atoms with Crippen molar-refractivity contribution in [2.24, 2.45) is 0 Å². The lowest BCUT2D eigenvalue weighted by Crippen LogP contribution is -2.32. The third kappa shape index (κ3) is 4.81. The van der Waals surface area contributed by atoms with Crippen molar-refractivity contribution in [2.45, 2.75) is 56.0 Å². The van der Waals surface area contributed by atoms with Crippen molar-refractivity contribution in [1.29, 1.82) is 0 Å². The minimum Gasteiger partial charge on any atom is -0.352 e. The van der Waals surface area contributed by atoms with Gasteiger partial charge in [0.1, 0.15) is 10.6 Å². The Morgan fingerprint density at radius 2 is 2.09 bits per heavy atom. The topological polar surface area (TPSA) is 64.0 Å². The summed E-state index contributed by atoms with van der Waals surface area (Å²) in [7, 11) is 0. The summed E-state index contributed by atoms with van der Waals surface area (Å²) in [4.78, 5) is 32.9. The summed E-state index contributed by atoms with van der Waals surface area (Å²) >= 11 is 2.90. The van der Waals surface area contributed by atoms with Crippen LogP contribution in [0.2, 0.25) is 0 Å². The van der Waals surface area contributed by atoms with Crippen LogP contribution in [0.5, 0.6) is 0 Å². The monoisotopic (exact) mass is 471 g/mol. The molecule has 1 N–H and O–H groups in total. The number of hydrogen-bond acceptors (Lipinski definition) is 5. The second-order valence-electron chi connectivity index (χ2n) is 7.91. The highest BCUT2D eigenvalue weighted by molar-refractivity contribution is 8.00. The van der Waals surface area contributed by atoms with E-state index in [1.165, 1.54) is 28.8 Å². The number of aromatic nitrogens is 2. The molecule has 0 unspecified atom stereocenters. The van der Waals surface area contributed by atoms with Gasteiger partial charge in [0.15, 0.2) is 5.16 Å². The van der Waals surface area contributed by atoms with Gasteiger partial charge >= 0.3 is 0 Å². The number of nitrogens with zero attached hydrogens (tertiary/aromatic N) is 2. The van der Waals surface area contributed by atoms with Gasteiger partial charge in [-0.2, -0.15) is 0 Å². The zero-order chi connectivity index (χ0) is 22.7. The SMILES string of the molecule is C=CCNC(=O)[C@@H](C)Sc1nc2sc3c(c2c(=O)n1CCc1ccc(F)cc1)CCCC3. The zero-order valence-corrected chi connectivity index (χ0v) is 19.7. The molecule has 2 heterocycles. The van der Waals surface area contributed by atoms with Crippen LogP contribution >= 0.6 is 23.1 Å². The van der Waals surface area contributed by atoms with E-state index in [-0.39, 0.29) is 17.3 Å². The number of thioether (sulfide) groups is 1. The van der Waals surface area contributed by atoms with Crippen LogP contribution < -0.4 is 10.9 Å². The quantitative estimate of drug-likeness (QED) is 0.298. The maximum atomic E-state index is 13.6. The molecule has 1 aliphatic rings. The Morgan fingerprint density at radius 1 is 1.34 bits per heavy atom. The van der Waals surface area contributed by atoms with Gasteiger partial charge in [-0.3, -0.25) is 14.2 Å². The van der Waals surface area contributed by atoms with Gasteiger partial charge in [-0.1, -0.05) is 30.0 Å². The van der Waals surface area contributed by atoms with Crippen molar-refractivity contribution < 1.29 is 9.18 Å². The largest absolute Gasteiger partial charge is 0.352 e. The van der Waals surface area contributed by atoms with E-state index in [2.05, 4.69) is 11.9 Å². The summed E-state index contributed by atoms with van der Waals surface area (Å²) in [6, 6.07) is 6.32. The van der Waals surface area contributed by atoms with Crippen molar-refractivity contribution in [3.05, 3.63) is 69.1 Å². The fourth-order valence-corrected chi connectivity index (χ4v) is 6.19. The Kier molecular flexibility index (Phi) is 7.10. The number of benzene rings is 1. The Bertz CT molecular complexity index is 1200. The van der Waals surface area contributed by atoms with Crippen LogP contribution in [0.4, 0.5) is 4.39 Å². The summed E-state index contributed by atoms with van der Waals surface area (Å²) in [5.74, 6) is -0.408. The van der Waals surface area contributed by atoms with Crippen molar-refractivity contribution in [3.8, 4) is 0 Å². The molecule has 0 saturated heterocycles. The molecule has 1 atom stereocenters. The fraction of sp³-hybridized carbons (Fsp3) is 0.375. The lowest BCUT2D eigenvalue weighted by molar-refractivity contribution is -0.120. The predicted octanol–water partition coefficient (Wildman–Crippen LogP) is 4.50. The molecule has 2 aromatic heterocycles. The number of thiophene rings is 1. The highest BCUT2D eigenvalue weighted by Gasteiger charge is 2.24. The Balaban J connectivity index is 1.71. The minimum atomic E-state index is -0.411. The Hall–Kier alpha value is -2.45. The van der Waals surface area contributed by atoms with Crippen LogP contribution in [0.25, 0.3) is 10.2 Å². The van der Waals surface area contributed by atoms with Gasteiger partial charge in [-0.25, -0.2) is 9.37 Å². The van der Waals surface area contributed by atoms with E-state index in [1.54, 1.807) is 34.1 Å². The number of aryl methyl sites for hydroxylation is 3. The number of amides is 1. The number of fused-ring (bicyclic) bond motifs is 3. The lowest BCUT2D eigenvalue weighted by atomic mass is 9.97. The molecule has 32 heavy (non-hydrogen) atoms. The average molecular weight is 472 g/mol. The molecule has 0 aliphatic heterocycles. The molecule has 0 radical (unpaired) electrons. The van der Waals surface area contributed by atoms with Gasteiger partial charge in [0, 0.05) is 18.0 Å². The number of carbonyl (C=O) groups is 1. The summed E-state index contributed by atoms with van der Waals surface area (Å²) in [6.07, 6.45) is 6.34. The Labute approximate surface area is 194 Å². The molecule has 1 amide bonds. The van der Waals surface area contributed by atoms with Crippen LogP contribution in [-0.2, 0) is 30.6 Å². The summed E-state index contributed by atoms with van der Waals surface area (Å²) in [5, 5.41) is 3.67. The van der Waals surface area contributed by atoms with Gasteiger partial charge in [0.05, 0.1) is 10.6 Å². The van der Waals surface area contributed by atoms with E-state index in [9.17, 15) is 14.0 Å². The standard InChI is InChI=1S/C24H26FN3O2S2/c1-3-13-26-21(29)15(2)31-24-27-22-20(18-6-4-5-7-19(18)32-22)23(30)28(24)14-12-16-8-10-17(25)11-9-16/h3,8-11,15H,1,4-7,12-14H2,2H3,(H,26,29)/t15-/m1/s1. The molecule has 5 nitrogen and oxygen atoms in total. The molecule has 168 valence electrons. The molecule has 1 aliphatic carbocycles. The third-order valence-corrected chi connectivity index (χ3v) is 7.93. The Morgan fingerprint density at radius 3 is 2.84 bits per heavy atom. The minimum absolute atomic E-state index is 0.0438. The van der Waals surface area contributed by atoms with E-state index < -0.39 is 5.25 Å². The fourth-order valence-electron chi connectivity index (χ4n) is 3.93. The maximum Gasteiger partial charge on any atom is 0.263 e. The first-order valence-corrected chi connectivity index (χ1v) is 12.5. The first-order valence-electron chi connectivity index (χ1n) is 10.8. The highest BCUT2D eigenvalue weighted by Crippen LogP contribution is 2.35. The van der Waals surface area contributed by atoms with E-state index >= 15 is 0 Å². The molecule has 0 saturated carbocycles. The molecule has 0 fully saturated rings. The van der Waals surface area contributed by atoms with Crippen LogP contribution in [0.1, 0.15) is 35.8 Å². The number of hydrogen-bond donors (Lipinski definition) is 1. The molecule has 0 spiro atoms. The van der Waals surface area contributed by atoms with Crippen molar-refractivity contribution in [1.82, 2.24) is 14.9 Å². The first kappa shape index (κ1) is 22.7. The second-order valence-corrected chi connectivity index (χ2v) is 10.3. The highest BCUT2D eigenvalue weighted by atomic mass is 32.2. The number of carbonyl (C=O) groups excluding carboxylic acids is 1. The average Bonchev–Trinajstić information content (AvgIpc) is 3.16.